The predicted molar refractivity (Wildman–Crippen MR) is 55.9 cm³/mol. The van der Waals surface area contributed by atoms with E-state index in [1.54, 1.807) is 12.2 Å². The minimum absolute atomic E-state index is 0.109. The molecule has 0 amide bonds. The smallest absolute Gasteiger partial charge is 0.394 e. The molecular formula is C7H15N3O4S. The van der Waals surface area contributed by atoms with Crippen LogP contribution in [0, 0.1) is 5.92 Å². The zero-order valence-electron chi connectivity index (χ0n) is 8.16. The van der Waals surface area contributed by atoms with Crippen molar-refractivity contribution in [3.05, 3.63) is 23.9 Å². The molecule has 8 N–H and O–H groups in total. The summed E-state index contributed by atoms with van der Waals surface area (Å²) in [6.07, 6.45) is 5.33. The van der Waals surface area contributed by atoms with E-state index >= 15 is 0 Å². The van der Waals surface area contributed by atoms with Gasteiger partial charge in [0.25, 0.3) is 0 Å². The number of hydrogen-bond donors (Lipinski definition) is 5. The first-order valence-electron chi connectivity index (χ1n) is 3.96. The van der Waals surface area contributed by atoms with E-state index < -0.39 is 16.1 Å². The first-order chi connectivity index (χ1) is 6.52. The van der Waals surface area contributed by atoms with E-state index in [1.165, 1.54) is 0 Å². The van der Waals surface area contributed by atoms with Crippen molar-refractivity contribution in [2.24, 2.45) is 23.1 Å². The average Bonchev–Trinajstić information content (AvgIpc) is 1.95. The second-order valence-corrected chi connectivity index (χ2v) is 4.13. The summed E-state index contributed by atoms with van der Waals surface area (Å²) in [6, 6.07) is 0. The number of allylic oxidation sites excluding steroid dienone is 1. The van der Waals surface area contributed by atoms with Gasteiger partial charge in [-0.1, -0.05) is 13.0 Å². The highest BCUT2D eigenvalue weighted by Crippen LogP contribution is 2.17. The van der Waals surface area contributed by atoms with Crippen molar-refractivity contribution < 1.29 is 17.5 Å². The highest BCUT2D eigenvalue weighted by molar-refractivity contribution is 7.79. The van der Waals surface area contributed by atoms with Crippen LogP contribution in [-0.4, -0.2) is 23.2 Å². The van der Waals surface area contributed by atoms with Gasteiger partial charge in [-0.25, -0.2) is 0 Å². The standard InChI is InChI=1S/C7H13N3.H2O4S/c1-5-4-6(8)2-3-7(5,9)10;1-5(2,3)4/h2-5H,8-10H2,1H3;(H2,1,2,3,4). The third-order valence-corrected chi connectivity index (χ3v) is 1.80. The minimum Gasteiger partial charge on any atom is -0.399 e. The van der Waals surface area contributed by atoms with Gasteiger partial charge in [-0.05, 0) is 12.2 Å². The summed E-state index contributed by atoms with van der Waals surface area (Å²) >= 11 is 0. The molecular weight excluding hydrogens is 222 g/mol. The lowest BCUT2D eigenvalue weighted by Gasteiger charge is -2.28. The third-order valence-electron chi connectivity index (χ3n) is 1.80. The van der Waals surface area contributed by atoms with E-state index in [0.29, 0.717) is 0 Å². The molecule has 88 valence electrons. The third kappa shape index (κ3) is 7.05. The van der Waals surface area contributed by atoms with E-state index in [0.717, 1.165) is 5.70 Å². The molecule has 1 aliphatic carbocycles. The molecule has 7 nitrogen and oxygen atoms in total. The van der Waals surface area contributed by atoms with Crippen molar-refractivity contribution in [1.29, 1.82) is 0 Å². The number of rotatable bonds is 0. The van der Waals surface area contributed by atoms with Crippen molar-refractivity contribution in [3.63, 3.8) is 0 Å². The first kappa shape index (κ1) is 14.1. The molecule has 0 bridgehead atoms. The topological polar surface area (TPSA) is 153 Å². The molecule has 0 aliphatic heterocycles. The first-order valence-corrected chi connectivity index (χ1v) is 5.36. The maximum atomic E-state index is 8.74. The SMILES string of the molecule is CC1C=C(N)C=CC1(N)N.O=S(=O)(O)O. The fraction of sp³-hybridized carbons (Fsp3) is 0.429. The lowest BCUT2D eigenvalue weighted by molar-refractivity contribution is 0.381. The van der Waals surface area contributed by atoms with Crippen molar-refractivity contribution in [2.75, 3.05) is 0 Å². The van der Waals surface area contributed by atoms with Gasteiger partial charge in [-0.3, -0.25) is 9.11 Å². The molecule has 8 heteroatoms. The van der Waals surface area contributed by atoms with Crippen LogP contribution < -0.4 is 17.2 Å². The maximum absolute atomic E-state index is 8.74. The fourth-order valence-corrected chi connectivity index (χ4v) is 0.881. The molecule has 0 aromatic heterocycles. The van der Waals surface area contributed by atoms with Crippen molar-refractivity contribution in [3.8, 4) is 0 Å². The molecule has 0 radical (unpaired) electrons. The fourth-order valence-electron chi connectivity index (χ4n) is 0.881. The van der Waals surface area contributed by atoms with Crippen molar-refractivity contribution in [1.82, 2.24) is 0 Å². The van der Waals surface area contributed by atoms with E-state index in [1.807, 2.05) is 13.0 Å². The zero-order chi connectivity index (χ0) is 12.3. The molecule has 0 saturated carbocycles. The van der Waals surface area contributed by atoms with Crippen LogP contribution in [0.15, 0.2) is 23.9 Å². The minimum atomic E-state index is -4.67. The highest BCUT2D eigenvalue weighted by atomic mass is 32.3. The Labute approximate surface area is 88.2 Å². The lowest BCUT2D eigenvalue weighted by Crippen LogP contribution is -2.53. The Morgan fingerprint density at radius 3 is 2.07 bits per heavy atom. The summed E-state index contributed by atoms with van der Waals surface area (Å²) in [7, 11) is -4.67. The van der Waals surface area contributed by atoms with E-state index in [9.17, 15) is 0 Å². The molecule has 15 heavy (non-hydrogen) atoms. The second-order valence-electron chi connectivity index (χ2n) is 3.24. The monoisotopic (exact) mass is 237 g/mol. The Morgan fingerprint density at radius 2 is 1.80 bits per heavy atom. The van der Waals surface area contributed by atoms with Gasteiger partial charge in [0.15, 0.2) is 0 Å². The van der Waals surface area contributed by atoms with Gasteiger partial charge in [0.2, 0.25) is 0 Å². The Balaban J connectivity index is 0.000000336. The summed E-state index contributed by atoms with van der Waals surface area (Å²) in [5.41, 5.74) is 16.9. The Kier molecular flexibility index (Phi) is 4.43. The van der Waals surface area contributed by atoms with Gasteiger partial charge in [-0.2, -0.15) is 8.42 Å². The van der Waals surface area contributed by atoms with Crippen LogP contribution in [0.5, 0.6) is 0 Å². The van der Waals surface area contributed by atoms with Crippen LogP contribution >= 0.6 is 0 Å². The van der Waals surface area contributed by atoms with Crippen LogP contribution in [0.4, 0.5) is 0 Å². The second kappa shape index (κ2) is 4.73. The quantitative estimate of drug-likeness (QED) is 0.267. The van der Waals surface area contributed by atoms with Crippen LogP contribution in [0.1, 0.15) is 6.92 Å². The van der Waals surface area contributed by atoms with E-state index in [2.05, 4.69) is 0 Å². The highest BCUT2D eigenvalue weighted by Gasteiger charge is 2.24. The number of hydrogen-bond acceptors (Lipinski definition) is 5. The van der Waals surface area contributed by atoms with Gasteiger partial charge in [0.1, 0.15) is 0 Å². The molecule has 0 spiro atoms. The Bertz CT molecular complexity index is 364. The maximum Gasteiger partial charge on any atom is 0.394 e. The van der Waals surface area contributed by atoms with Gasteiger partial charge in [-0.15, -0.1) is 0 Å². The van der Waals surface area contributed by atoms with E-state index in [4.69, 9.17) is 34.7 Å². The molecule has 1 aliphatic rings. The average molecular weight is 237 g/mol. The summed E-state index contributed by atoms with van der Waals surface area (Å²) in [5.74, 6) is 0.109. The molecule has 0 fully saturated rings. The Hall–Kier alpha value is -0.930. The summed E-state index contributed by atoms with van der Waals surface area (Å²) < 4.78 is 31.6. The molecule has 1 unspecified atom stereocenters. The van der Waals surface area contributed by atoms with Crippen LogP contribution in [0.25, 0.3) is 0 Å². The zero-order valence-corrected chi connectivity index (χ0v) is 8.98. The Morgan fingerprint density at radius 1 is 1.40 bits per heavy atom. The van der Waals surface area contributed by atoms with Crippen LogP contribution in [-0.2, 0) is 10.4 Å². The largest absolute Gasteiger partial charge is 0.399 e. The summed E-state index contributed by atoms with van der Waals surface area (Å²) in [4.78, 5) is 0. The lowest BCUT2D eigenvalue weighted by atomic mass is 9.91. The van der Waals surface area contributed by atoms with Gasteiger partial charge in [0, 0.05) is 11.6 Å². The number of nitrogens with two attached hydrogens (primary N) is 3. The van der Waals surface area contributed by atoms with E-state index in [-0.39, 0.29) is 5.92 Å². The molecule has 0 aromatic rings. The van der Waals surface area contributed by atoms with Gasteiger partial charge in [0.05, 0.1) is 5.66 Å². The normalized spacial score (nSPS) is 23.8. The molecule has 0 saturated heterocycles. The molecule has 0 aromatic carbocycles. The van der Waals surface area contributed by atoms with Crippen LogP contribution in [0.3, 0.4) is 0 Å². The predicted octanol–water partition coefficient (Wildman–Crippen LogP) is -1.00. The van der Waals surface area contributed by atoms with Gasteiger partial charge >= 0.3 is 10.4 Å². The van der Waals surface area contributed by atoms with Crippen LogP contribution in [0.2, 0.25) is 0 Å². The molecule has 1 rings (SSSR count). The summed E-state index contributed by atoms with van der Waals surface area (Å²) in [6.45, 7) is 1.94. The summed E-state index contributed by atoms with van der Waals surface area (Å²) in [5, 5.41) is 0. The van der Waals surface area contributed by atoms with Crippen molar-refractivity contribution in [2.45, 2.75) is 12.6 Å². The van der Waals surface area contributed by atoms with Gasteiger partial charge < -0.3 is 17.2 Å². The van der Waals surface area contributed by atoms with Crippen molar-refractivity contribution >= 4 is 10.4 Å². The molecule has 1 atom stereocenters. The molecule has 0 heterocycles.